The molecule has 2 aromatic rings. The number of aliphatic hydroxyl groups excluding tert-OH is 3. The monoisotopic (exact) mass is 668 g/mol. The van der Waals surface area contributed by atoms with Crippen molar-refractivity contribution in [2.24, 2.45) is 0 Å². The van der Waals surface area contributed by atoms with Crippen LogP contribution in [0.5, 0.6) is 11.5 Å². The molecule has 6 N–H and O–H groups in total. The van der Waals surface area contributed by atoms with Gasteiger partial charge in [0.25, 0.3) is 0 Å². The third kappa shape index (κ3) is 4.19. The van der Waals surface area contributed by atoms with E-state index >= 15 is 0 Å². The fraction of sp³-hybridized carbons (Fsp3) is 0.407. The van der Waals surface area contributed by atoms with Crippen molar-refractivity contribution in [1.82, 2.24) is 0 Å². The first-order chi connectivity index (χ1) is 18.9. The molecule has 40 heavy (non-hydrogen) atoms. The standard InChI is InChI=1S/C27H25IO12/c1-9-20(32)25(37)19(28)26(39-9)40-13-6-27(38,14(31)8-30)5-12-16(13)24(36)18-17(22(12)34)21(33)11-4-2-3-10(7-29)15(11)23(18)35/h2-4,7,9,13,19-20,25-26,30,32,34,36-38H,5-6,8H2,1H3/t9?,13-,19?,20?,25?,26?,27?/m1/s1. The van der Waals surface area contributed by atoms with E-state index in [0.29, 0.717) is 6.29 Å². The Bertz CT molecular complexity index is 1450. The summed E-state index contributed by atoms with van der Waals surface area (Å²) >= 11 is 1.79. The molecule has 12 nitrogen and oxygen atoms in total. The van der Waals surface area contributed by atoms with Crippen LogP contribution in [-0.2, 0) is 20.7 Å². The molecule has 1 heterocycles. The minimum atomic E-state index is -2.31. The average Bonchev–Trinajstić information content (AvgIpc) is 2.94. The number of aliphatic hydroxyl groups is 4. The Morgan fingerprint density at radius 2 is 1.80 bits per heavy atom. The fourth-order valence-electron chi connectivity index (χ4n) is 5.64. The van der Waals surface area contributed by atoms with Crippen LogP contribution in [-0.4, -0.2) is 95.0 Å². The average molecular weight is 668 g/mol. The van der Waals surface area contributed by atoms with Gasteiger partial charge in [0, 0.05) is 40.7 Å². The third-order valence-corrected chi connectivity index (χ3v) is 9.10. The molecule has 2 aromatic carbocycles. The predicted octanol–water partition coefficient (Wildman–Crippen LogP) is 0.252. The molecule has 0 bridgehead atoms. The number of hydrogen-bond acceptors (Lipinski definition) is 12. The second-order valence-corrected chi connectivity index (χ2v) is 11.6. The van der Waals surface area contributed by atoms with E-state index in [2.05, 4.69) is 0 Å². The summed E-state index contributed by atoms with van der Waals surface area (Å²) in [6, 6.07) is 4.00. The molecule has 1 aliphatic heterocycles. The molecule has 2 aliphatic carbocycles. The zero-order chi connectivity index (χ0) is 29.3. The highest BCUT2D eigenvalue weighted by molar-refractivity contribution is 14.1. The molecule has 1 fully saturated rings. The van der Waals surface area contributed by atoms with E-state index in [1.807, 2.05) is 0 Å². The van der Waals surface area contributed by atoms with Crippen LogP contribution < -0.4 is 0 Å². The molecule has 1 saturated heterocycles. The van der Waals surface area contributed by atoms with E-state index in [0.717, 1.165) is 0 Å². The summed E-state index contributed by atoms with van der Waals surface area (Å²) in [7, 11) is 0. The first-order valence-corrected chi connectivity index (χ1v) is 13.6. The number of ether oxygens (including phenoxy) is 2. The van der Waals surface area contributed by atoms with Crippen LogP contribution in [0.3, 0.4) is 0 Å². The molecule has 13 heteroatoms. The molecule has 5 rings (SSSR count). The number of hydrogen-bond donors (Lipinski definition) is 6. The van der Waals surface area contributed by atoms with Gasteiger partial charge in [-0.05, 0) is 6.92 Å². The number of carbonyl (C=O) groups excluding carboxylic acids is 4. The SMILES string of the molecule is CC1OC(O[C@@H]2CC(O)(C(=O)CO)Cc3c(O)c4c(c(O)c32)C(=O)c2c(C=O)cccc2C4=O)C(I)C(O)C1O. The summed E-state index contributed by atoms with van der Waals surface area (Å²) < 4.78 is 10.9. The maximum absolute atomic E-state index is 13.6. The van der Waals surface area contributed by atoms with E-state index in [1.165, 1.54) is 25.1 Å². The van der Waals surface area contributed by atoms with Gasteiger partial charge < -0.3 is 40.1 Å². The Morgan fingerprint density at radius 3 is 2.45 bits per heavy atom. The number of carbonyl (C=O) groups is 4. The number of aldehydes is 1. The smallest absolute Gasteiger partial charge is 0.199 e. The molecule has 0 radical (unpaired) electrons. The molecule has 0 amide bonds. The van der Waals surface area contributed by atoms with Crippen LogP contribution in [0.4, 0.5) is 0 Å². The molecular weight excluding hydrogens is 643 g/mol. The second-order valence-electron chi connectivity index (χ2n) is 10.1. The normalized spacial score (nSPS) is 31.2. The summed E-state index contributed by atoms with van der Waals surface area (Å²) in [4.78, 5) is 51.3. The summed E-state index contributed by atoms with van der Waals surface area (Å²) in [6.45, 7) is 0.422. The topological polar surface area (TPSA) is 208 Å². The highest BCUT2D eigenvalue weighted by Crippen LogP contribution is 2.52. The van der Waals surface area contributed by atoms with Crippen molar-refractivity contribution in [3.63, 3.8) is 0 Å². The molecule has 0 saturated carbocycles. The fourth-order valence-corrected chi connectivity index (χ4v) is 6.41. The van der Waals surface area contributed by atoms with E-state index in [4.69, 9.17) is 9.47 Å². The van der Waals surface area contributed by atoms with Crippen molar-refractivity contribution < 1.29 is 59.3 Å². The van der Waals surface area contributed by atoms with E-state index in [9.17, 15) is 49.8 Å². The number of benzene rings is 2. The van der Waals surface area contributed by atoms with Crippen LogP contribution >= 0.6 is 22.6 Å². The van der Waals surface area contributed by atoms with E-state index in [-0.39, 0.29) is 27.8 Å². The number of halogens is 1. The molecular formula is C27H25IO12. The van der Waals surface area contributed by atoms with Crippen LogP contribution in [0.15, 0.2) is 18.2 Å². The van der Waals surface area contributed by atoms with Crippen LogP contribution in [0.2, 0.25) is 0 Å². The zero-order valence-corrected chi connectivity index (χ0v) is 23.1. The number of alkyl halides is 1. The number of aromatic hydroxyl groups is 2. The lowest BCUT2D eigenvalue weighted by Crippen LogP contribution is -2.55. The first kappa shape index (κ1) is 28.7. The minimum absolute atomic E-state index is 0.0984. The van der Waals surface area contributed by atoms with Gasteiger partial charge in [-0.15, -0.1) is 0 Å². The summed E-state index contributed by atoms with van der Waals surface area (Å²) in [5.41, 5.74) is -4.44. The number of rotatable bonds is 5. The van der Waals surface area contributed by atoms with Crippen molar-refractivity contribution in [3.8, 4) is 11.5 Å². The Morgan fingerprint density at radius 1 is 1.12 bits per heavy atom. The van der Waals surface area contributed by atoms with Gasteiger partial charge in [-0.25, -0.2) is 0 Å². The van der Waals surface area contributed by atoms with Gasteiger partial charge in [-0.2, -0.15) is 0 Å². The maximum Gasteiger partial charge on any atom is 0.199 e. The zero-order valence-electron chi connectivity index (χ0n) is 20.9. The lowest BCUT2D eigenvalue weighted by Gasteiger charge is -2.43. The largest absolute Gasteiger partial charge is 0.507 e. The van der Waals surface area contributed by atoms with Gasteiger partial charge in [0.2, 0.25) is 0 Å². The van der Waals surface area contributed by atoms with Gasteiger partial charge in [0.1, 0.15) is 29.8 Å². The van der Waals surface area contributed by atoms with Crippen LogP contribution in [0.1, 0.15) is 72.8 Å². The Kier molecular flexibility index (Phi) is 7.35. The molecule has 7 atom stereocenters. The molecule has 212 valence electrons. The van der Waals surface area contributed by atoms with Crippen molar-refractivity contribution in [2.45, 2.75) is 60.0 Å². The maximum atomic E-state index is 13.6. The lowest BCUT2D eigenvalue weighted by atomic mass is 9.71. The number of fused-ring (bicyclic) bond motifs is 3. The highest BCUT2D eigenvalue weighted by Gasteiger charge is 2.51. The lowest BCUT2D eigenvalue weighted by molar-refractivity contribution is -0.259. The first-order valence-electron chi connectivity index (χ1n) is 12.3. The third-order valence-electron chi connectivity index (χ3n) is 7.78. The van der Waals surface area contributed by atoms with E-state index < -0.39 is 99.7 Å². The molecule has 3 aliphatic rings. The van der Waals surface area contributed by atoms with Crippen LogP contribution in [0, 0.1) is 0 Å². The van der Waals surface area contributed by atoms with Gasteiger partial charge in [0.15, 0.2) is 29.9 Å². The van der Waals surface area contributed by atoms with Gasteiger partial charge >= 0.3 is 0 Å². The number of phenolic OH excluding ortho intramolecular Hbond substituents is 2. The van der Waals surface area contributed by atoms with Crippen molar-refractivity contribution >= 4 is 46.2 Å². The quantitative estimate of drug-likeness (QED) is 0.0937. The van der Waals surface area contributed by atoms with Gasteiger partial charge in [-0.1, -0.05) is 40.8 Å². The van der Waals surface area contributed by atoms with Gasteiger partial charge in [0.05, 0.1) is 33.4 Å². The number of Topliss-reactive ketones (excluding diaryl/α,β-unsaturated/α-hetero) is 1. The van der Waals surface area contributed by atoms with Crippen LogP contribution in [0.25, 0.3) is 0 Å². The highest BCUT2D eigenvalue weighted by atomic mass is 127. The van der Waals surface area contributed by atoms with E-state index in [1.54, 1.807) is 22.6 Å². The summed E-state index contributed by atoms with van der Waals surface area (Å²) in [5.74, 6) is -4.32. The Hall–Kier alpha value is -2.79. The number of phenols is 2. The summed E-state index contributed by atoms with van der Waals surface area (Å²) in [5, 5.41) is 64.2. The van der Waals surface area contributed by atoms with Crippen molar-refractivity contribution in [3.05, 3.63) is 57.1 Å². The van der Waals surface area contributed by atoms with Crippen molar-refractivity contribution in [1.29, 1.82) is 0 Å². The van der Waals surface area contributed by atoms with Gasteiger partial charge in [-0.3, -0.25) is 19.2 Å². The molecule has 6 unspecified atom stereocenters. The Labute approximate surface area is 240 Å². The Balaban J connectivity index is 1.71. The number of ketones is 3. The van der Waals surface area contributed by atoms with Crippen molar-refractivity contribution in [2.75, 3.05) is 6.61 Å². The predicted molar refractivity (Wildman–Crippen MR) is 142 cm³/mol. The minimum Gasteiger partial charge on any atom is -0.507 e. The second kappa shape index (κ2) is 10.2. The molecule has 0 spiro atoms. The molecule has 0 aromatic heterocycles. The summed E-state index contributed by atoms with van der Waals surface area (Å²) in [6.07, 6.45) is -6.94.